The van der Waals surface area contributed by atoms with Crippen molar-refractivity contribution in [2.75, 3.05) is 33.0 Å². The fraction of sp³-hybridized carbons (Fsp3) is 0.923. The maximum Gasteiger partial charge on any atom is 0.407 e. The minimum Gasteiger partial charge on any atom is -0.444 e. The number of ether oxygens (including phenoxy) is 2. The van der Waals surface area contributed by atoms with Crippen molar-refractivity contribution in [3.63, 3.8) is 0 Å². The van der Waals surface area contributed by atoms with Gasteiger partial charge in [0.05, 0.1) is 19.8 Å². The lowest BCUT2D eigenvalue weighted by molar-refractivity contribution is 0.0453. The smallest absolute Gasteiger partial charge is 0.407 e. The first-order valence-corrected chi connectivity index (χ1v) is 6.65. The van der Waals surface area contributed by atoms with Crippen LogP contribution < -0.4 is 5.32 Å². The van der Waals surface area contributed by atoms with Gasteiger partial charge in [-0.1, -0.05) is 0 Å². The Kier molecular flexibility index (Phi) is 9.55. The molecule has 1 amide bonds. The lowest BCUT2D eigenvalue weighted by atomic mass is 10.0. The summed E-state index contributed by atoms with van der Waals surface area (Å²) in [6.45, 7) is 6.66. The van der Waals surface area contributed by atoms with Gasteiger partial charge in [-0.05, 0) is 39.5 Å². The summed E-state index contributed by atoms with van der Waals surface area (Å²) in [6.07, 6.45) is 0.949. The fourth-order valence-corrected chi connectivity index (χ4v) is 1.48. The van der Waals surface area contributed by atoms with Crippen LogP contribution >= 0.6 is 0 Å². The van der Waals surface area contributed by atoms with E-state index in [-0.39, 0.29) is 25.7 Å². The first kappa shape index (κ1) is 18.1. The summed E-state index contributed by atoms with van der Waals surface area (Å²) in [5.74, 6) is 0.103. The van der Waals surface area contributed by atoms with Crippen molar-refractivity contribution in [1.29, 1.82) is 0 Å². The van der Waals surface area contributed by atoms with Crippen LogP contribution in [0.4, 0.5) is 4.79 Å². The second-order valence-corrected chi connectivity index (χ2v) is 5.41. The van der Waals surface area contributed by atoms with Crippen LogP contribution in [0.1, 0.15) is 33.6 Å². The Morgan fingerprint density at radius 2 is 1.95 bits per heavy atom. The van der Waals surface area contributed by atoms with Crippen molar-refractivity contribution in [2.45, 2.75) is 39.2 Å². The van der Waals surface area contributed by atoms with E-state index in [9.17, 15) is 4.79 Å². The predicted molar refractivity (Wildman–Crippen MR) is 72.0 cm³/mol. The molecule has 114 valence electrons. The topological polar surface area (TPSA) is 88.0 Å². The van der Waals surface area contributed by atoms with E-state index in [4.69, 9.17) is 19.7 Å². The monoisotopic (exact) mass is 277 g/mol. The standard InChI is InChI=1S/C13H27NO5/c1-13(2,3)19-12(17)14-9-11(5-4-6-15)10-18-8-7-16/h11,15-16H,4-10H2,1-3H3,(H,14,17). The maximum atomic E-state index is 11.5. The van der Waals surface area contributed by atoms with E-state index >= 15 is 0 Å². The largest absolute Gasteiger partial charge is 0.444 e. The molecular formula is C13H27NO5. The van der Waals surface area contributed by atoms with E-state index in [2.05, 4.69) is 5.32 Å². The molecule has 0 fully saturated rings. The lowest BCUT2D eigenvalue weighted by Gasteiger charge is -2.22. The van der Waals surface area contributed by atoms with Crippen molar-refractivity contribution >= 4 is 6.09 Å². The van der Waals surface area contributed by atoms with Gasteiger partial charge in [0.1, 0.15) is 5.60 Å². The van der Waals surface area contributed by atoms with Gasteiger partial charge in [-0.25, -0.2) is 4.79 Å². The number of aliphatic hydroxyl groups is 2. The summed E-state index contributed by atoms with van der Waals surface area (Å²) in [5, 5.41) is 20.2. The second kappa shape index (κ2) is 10.00. The number of rotatable bonds is 9. The van der Waals surface area contributed by atoms with Crippen LogP contribution in [0.2, 0.25) is 0 Å². The molecule has 0 saturated heterocycles. The molecule has 0 radical (unpaired) electrons. The molecule has 0 saturated carbocycles. The SMILES string of the molecule is CC(C)(C)OC(=O)NCC(CCCO)COCCO. The minimum atomic E-state index is -0.516. The number of hydrogen-bond donors (Lipinski definition) is 3. The number of aliphatic hydroxyl groups excluding tert-OH is 2. The van der Waals surface area contributed by atoms with Gasteiger partial charge in [0.15, 0.2) is 0 Å². The summed E-state index contributed by atoms with van der Waals surface area (Å²) >= 11 is 0. The molecule has 1 atom stereocenters. The molecule has 0 aromatic rings. The zero-order valence-corrected chi connectivity index (χ0v) is 12.1. The first-order valence-electron chi connectivity index (χ1n) is 6.65. The molecule has 6 nitrogen and oxygen atoms in total. The Labute approximate surface area is 115 Å². The average Bonchev–Trinajstić information content (AvgIpc) is 2.30. The van der Waals surface area contributed by atoms with Gasteiger partial charge in [0.25, 0.3) is 0 Å². The molecule has 0 bridgehead atoms. The van der Waals surface area contributed by atoms with E-state index in [0.29, 0.717) is 19.6 Å². The van der Waals surface area contributed by atoms with Gasteiger partial charge in [0, 0.05) is 13.2 Å². The molecule has 0 aromatic heterocycles. The summed E-state index contributed by atoms with van der Waals surface area (Å²) in [6, 6.07) is 0. The van der Waals surface area contributed by atoms with Crippen LogP contribution in [0.3, 0.4) is 0 Å². The normalized spacial score (nSPS) is 13.1. The quantitative estimate of drug-likeness (QED) is 0.545. The van der Waals surface area contributed by atoms with E-state index in [1.165, 1.54) is 0 Å². The third kappa shape index (κ3) is 11.9. The number of amides is 1. The number of hydrogen-bond acceptors (Lipinski definition) is 5. The van der Waals surface area contributed by atoms with Crippen molar-refractivity contribution in [2.24, 2.45) is 5.92 Å². The van der Waals surface area contributed by atoms with Crippen LogP contribution in [0.25, 0.3) is 0 Å². The molecule has 0 aromatic carbocycles. The van der Waals surface area contributed by atoms with Crippen LogP contribution in [0, 0.1) is 5.92 Å². The molecule has 0 aliphatic rings. The zero-order chi connectivity index (χ0) is 14.7. The second-order valence-electron chi connectivity index (χ2n) is 5.41. The third-order valence-corrected chi connectivity index (χ3v) is 2.29. The molecule has 19 heavy (non-hydrogen) atoms. The van der Waals surface area contributed by atoms with E-state index in [1.807, 2.05) is 0 Å². The molecule has 1 unspecified atom stereocenters. The Balaban J connectivity index is 3.98. The Morgan fingerprint density at radius 3 is 2.47 bits per heavy atom. The summed E-state index contributed by atoms with van der Waals surface area (Å²) in [4.78, 5) is 11.5. The number of alkyl carbamates (subject to hydrolysis) is 1. The molecule has 0 aliphatic heterocycles. The van der Waals surface area contributed by atoms with Crippen molar-refractivity contribution in [3.8, 4) is 0 Å². The highest BCUT2D eigenvalue weighted by Gasteiger charge is 2.17. The molecule has 0 spiro atoms. The van der Waals surface area contributed by atoms with Crippen molar-refractivity contribution in [1.82, 2.24) is 5.32 Å². The zero-order valence-electron chi connectivity index (χ0n) is 12.1. The van der Waals surface area contributed by atoms with E-state index < -0.39 is 11.7 Å². The highest BCUT2D eigenvalue weighted by atomic mass is 16.6. The highest BCUT2D eigenvalue weighted by Crippen LogP contribution is 2.09. The molecule has 0 rings (SSSR count). The van der Waals surface area contributed by atoms with Crippen molar-refractivity contribution < 1.29 is 24.5 Å². The van der Waals surface area contributed by atoms with Gasteiger partial charge >= 0.3 is 6.09 Å². The number of nitrogens with one attached hydrogen (secondary N) is 1. The molecule has 6 heteroatoms. The van der Waals surface area contributed by atoms with Gasteiger partial charge in [-0.2, -0.15) is 0 Å². The van der Waals surface area contributed by atoms with Crippen LogP contribution in [-0.2, 0) is 9.47 Å². The first-order chi connectivity index (χ1) is 8.89. The number of carbonyl (C=O) groups is 1. The molecule has 3 N–H and O–H groups in total. The van der Waals surface area contributed by atoms with Crippen LogP contribution in [0.5, 0.6) is 0 Å². The van der Waals surface area contributed by atoms with Gasteiger partial charge in [-0.15, -0.1) is 0 Å². The van der Waals surface area contributed by atoms with Crippen LogP contribution in [0.15, 0.2) is 0 Å². The molecular weight excluding hydrogens is 250 g/mol. The Morgan fingerprint density at radius 1 is 1.26 bits per heavy atom. The third-order valence-electron chi connectivity index (χ3n) is 2.29. The lowest BCUT2D eigenvalue weighted by Crippen LogP contribution is -2.36. The maximum absolute atomic E-state index is 11.5. The van der Waals surface area contributed by atoms with Gasteiger partial charge in [-0.3, -0.25) is 0 Å². The Hall–Kier alpha value is -0.850. The van der Waals surface area contributed by atoms with Gasteiger partial charge in [0.2, 0.25) is 0 Å². The summed E-state index contributed by atoms with van der Waals surface area (Å²) in [7, 11) is 0. The van der Waals surface area contributed by atoms with E-state index in [0.717, 1.165) is 6.42 Å². The number of carbonyl (C=O) groups excluding carboxylic acids is 1. The highest BCUT2D eigenvalue weighted by molar-refractivity contribution is 5.67. The summed E-state index contributed by atoms with van der Waals surface area (Å²) in [5.41, 5.74) is -0.516. The minimum absolute atomic E-state index is 0.0216. The molecule has 0 heterocycles. The molecule has 0 aliphatic carbocycles. The average molecular weight is 277 g/mol. The fourth-order valence-electron chi connectivity index (χ4n) is 1.48. The Bertz CT molecular complexity index is 240. The van der Waals surface area contributed by atoms with Gasteiger partial charge < -0.3 is 25.0 Å². The predicted octanol–water partition coefficient (Wildman–Crippen LogP) is 0.909. The summed E-state index contributed by atoms with van der Waals surface area (Å²) < 4.78 is 10.4. The van der Waals surface area contributed by atoms with Crippen LogP contribution in [-0.4, -0.2) is 54.9 Å². The van der Waals surface area contributed by atoms with E-state index in [1.54, 1.807) is 20.8 Å². The van der Waals surface area contributed by atoms with Crippen molar-refractivity contribution in [3.05, 3.63) is 0 Å².